The van der Waals surface area contributed by atoms with Crippen LogP contribution in [0.3, 0.4) is 0 Å². The van der Waals surface area contributed by atoms with E-state index in [2.05, 4.69) is 4.98 Å². The second-order valence-corrected chi connectivity index (χ2v) is 5.31. The maximum Gasteiger partial charge on any atom is 0.306 e. The van der Waals surface area contributed by atoms with Crippen LogP contribution in [0.4, 0.5) is 0 Å². The lowest BCUT2D eigenvalue weighted by Gasteiger charge is -2.08. The van der Waals surface area contributed by atoms with Crippen molar-refractivity contribution < 1.29 is 13.9 Å². The smallest absolute Gasteiger partial charge is 0.306 e. The van der Waals surface area contributed by atoms with Gasteiger partial charge < -0.3 is 9.15 Å². The van der Waals surface area contributed by atoms with E-state index in [4.69, 9.17) is 9.15 Å². The fraction of sp³-hybridized carbons (Fsp3) is 0.667. The Hall–Kier alpha value is -0.970. The molecule has 1 heterocycles. The predicted octanol–water partition coefficient (Wildman–Crippen LogP) is 2.87. The van der Waals surface area contributed by atoms with Crippen LogP contribution >= 0.6 is 11.8 Å². The Kier molecular flexibility index (Phi) is 5.55. The minimum Gasteiger partial charge on any atom is -0.466 e. The molecule has 0 N–H and O–H groups in total. The number of rotatable bonds is 6. The highest BCUT2D eigenvalue weighted by Gasteiger charge is 2.12. The van der Waals surface area contributed by atoms with Gasteiger partial charge >= 0.3 is 5.97 Å². The summed E-state index contributed by atoms with van der Waals surface area (Å²) < 4.78 is 10.4. The number of ether oxygens (including phenoxy) is 1. The van der Waals surface area contributed by atoms with Gasteiger partial charge in [0, 0.05) is 5.25 Å². The molecular formula is C12H19NO3S. The number of carbonyl (C=O) groups excluding carboxylic acids is 1. The van der Waals surface area contributed by atoms with Crippen LogP contribution in [0, 0.1) is 13.8 Å². The van der Waals surface area contributed by atoms with E-state index in [1.807, 2.05) is 27.7 Å². The molecule has 96 valence electrons. The van der Waals surface area contributed by atoms with E-state index < -0.39 is 0 Å². The van der Waals surface area contributed by atoms with Crippen molar-refractivity contribution in [3.8, 4) is 0 Å². The van der Waals surface area contributed by atoms with Crippen LogP contribution in [-0.2, 0) is 15.3 Å². The van der Waals surface area contributed by atoms with Crippen molar-refractivity contribution in [1.29, 1.82) is 0 Å². The van der Waals surface area contributed by atoms with Gasteiger partial charge in [0.25, 0.3) is 0 Å². The Morgan fingerprint density at radius 1 is 1.53 bits per heavy atom. The lowest BCUT2D eigenvalue weighted by atomic mass is 10.3. The zero-order chi connectivity index (χ0) is 12.8. The SMILES string of the molecule is CCOC(=O)CC(C)SCc1nc(C)c(C)o1. The van der Waals surface area contributed by atoms with E-state index in [1.165, 1.54) is 0 Å². The molecule has 1 rings (SSSR count). The fourth-order valence-electron chi connectivity index (χ4n) is 1.33. The third kappa shape index (κ3) is 4.81. The monoisotopic (exact) mass is 257 g/mol. The van der Waals surface area contributed by atoms with Gasteiger partial charge in [0.15, 0.2) is 0 Å². The van der Waals surface area contributed by atoms with E-state index in [9.17, 15) is 4.79 Å². The number of oxazole rings is 1. The molecule has 1 unspecified atom stereocenters. The highest BCUT2D eigenvalue weighted by atomic mass is 32.2. The van der Waals surface area contributed by atoms with Crippen LogP contribution in [-0.4, -0.2) is 22.8 Å². The fourth-order valence-corrected chi connectivity index (χ4v) is 2.13. The summed E-state index contributed by atoms with van der Waals surface area (Å²) >= 11 is 1.65. The average molecular weight is 257 g/mol. The number of aromatic nitrogens is 1. The van der Waals surface area contributed by atoms with Crippen LogP contribution in [0.5, 0.6) is 0 Å². The van der Waals surface area contributed by atoms with E-state index in [0.29, 0.717) is 18.8 Å². The summed E-state index contributed by atoms with van der Waals surface area (Å²) in [5, 5.41) is 0.210. The molecule has 0 radical (unpaired) electrons. The molecule has 0 fully saturated rings. The molecule has 1 aromatic heterocycles. The number of hydrogen-bond acceptors (Lipinski definition) is 5. The van der Waals surface area contributed by atoms with Crippen molar-refractivity contribution in [1.82, 2.24) is 4.98 Å². The molecule has 0 spiro atoms. The second kappa shape index (κ2) is 6.69. The van der Waals surface area contributed by atoms with Crippen molar-refractivity contribution >= 4 is 17.7 Å². The van der Waals surface area contributed by atoms with Crippen molar-refractivity contribution in [3.05, 3.63) is 17.3 Å². The Morgan fingerprint density at radius 2 is 2.24 bits per heavy atom. The molecule has 0 bridgehead atoms. The van der Waals surface area contributed by atoms with Crippen molar-refractivity contribution in [2.45, 2.75) is 45.1 Å². The minimum atomic E-state index is -0.146. The summed E-state index contributed by atoms with van der Waals surface area (Å²) in [5.41, 5.74) is 0.929. The van der Waals surface area contributed by atoms with Gasteiger partial charge in [0.05, 0.1) is 24.5 Å². The summed E-state index contributed by atoms with van der Waals surface area (Å²) in [5.74, 6) is 2.13. The van der Waals surface area contributed by atoms with Crippen LogP contribution in [0.2, 0.25) is 0 Å². The number of hydrogen-bond donors (Lipinski definition) is 0. The first-order valence-electron chi connectivity index (χ1n) is 5.73. The number of esters is 1. The first kappa shape index (κ1) is 14.1. The van der Waals surface area contributed by atoms with Gasteiger partial charge in [-0.05, 0) is 20.8 Å². The number of aryl methyl sites for hydroxylation is 2. The van der Waals surface area contributed by atoms with Crippen LogP contribution in [0.1, 0.15) is 37.6 Å². The van der Waals surface area contributed by atoms with Crippen LogP contribution in [0.25, 0.3) is 0 Å². The molecule has 0 aromatic carbocycles. The Labute approximate surface area is 106 Å². The van der Waals surface area contributed by atoms with Gasteiger partial charge in [0.2, 0.25) is 5.89 Å². The van der Waals surface area contributed by atoms with E-state index in [-0.39, 0.29) is 11.2 Å². The predicted molar refractivity (Wildman–Crippen MR) is 68.0 cm³/mol. The molecule has 0 aliphatic heterocycles. The summed E-state index contributed by atoms with van der Waals surface area (Å²) in [6.07, 6.45) is 0.428. The molecule has 0 saturated heterocycles. The summed E-state index contributed by atoms with van der Waals surface area (Å²) in [6.45, 7) is 8.08. The largest absolute Gasteiger partial charge is 0.466 e. The molecule has 4 nitrogen and oxygen atoms in total. The maximum absolute atomic E-state index is 11.2. The maximum atomic E-state index is 11.2. The highest BCUT2D eigenvalue weighted by Crippen LogP contribution is 2.21. The standard InChI is InChI=1S/C12H19NO3S/c1-5-15-12(14)6-8(2)17-7-11-13-9(3)10(4)16-11/h8H,5-7H2,1-4H3. The molecule has 0 aliphatic carbocycles. The lowest BCUT2D eigenvalue weighted by molar-refractivity contribution is -0.142. The number of carbonyl (C=O) groups is 1. The molecule has 5 heteroatoms. The van der Waals surface area contributed by atoms with Crippen LogP contribution in [0.15, 0.2) is 4.42 Å². The second-order valence-electron chi connectivity index (χ2n) is 3.88. The van der Waals surface area contributed by atoms with Gasteiger partial charge in [-0.3, -0.25) is 4.79 Å². The summed E-state index contributed by atoms with van der Waals surface area (Å²) in [6, 6.07) is 0. The van der Waals surface area contributed by atoms with Crippen molar-refractivity contribution in [2.24, 2.45) is 0 Å². The molecule has 0 aliphatic rings. The Bertz CT molecular complexity index is 356. The zero-order valence-corrected chi connectivity index (χ0v) is 11.6. The van der Waals surface area contributed by atoms with E-state index >= 15 is 0 Å². The third-order valence-electron chi connectivity index (χ3n) is 2.32. The molecule has 17 heavy (non-hydrogen) atoms. The van der Waals surface area contributed by atoms with Gasteiger partial charge in [0.1, 0.15) is 5.76 Å². The molecule has 1 atom stereocenters. The van der Waals surface area contributed by atoms with Gasteiger partial charge in [-0.25, -0.2) is 4.98 Å². The topological polar surface area (TPSA) is 52.3 Å². The number of nitrogens with zero attached hydrogens (tertiary/aromatic N) is 1. The Morgan fingerprint density at radius 3 is 2.76 bits per heavy atom. The van der Waals surface area contributed by atoms with Crippen molar-refractivity contribution in [3.63, 3.8) is 0 Å². The van der Waals surface area contributed by atoms with Crippen LogP contribution < -0.4 is 0 Å². The Balaban J connectivity index is 2.32. The third-order valence-corrected chi connectivity index (χ3v) is 3.47. The van der Waals surface area contributed by atoms with Gasteiger partial charge in [-0.15, -0.1) is 11.8 Å². The average Bonchev–Trinajstić information content (AvgIpc) is 2.56. The van der Waals surface area contributed by atoms with Gasteiger partial charge in [-0.2, -0.15) is 0 Å². The minimum absolute atomic E-state index is 0.146. The molecule has 1 aromatic rings. The first-order valence-corrected chi connectivity index (χ1v) is 6.78. The molecule has 0 amide bonds. The summed E-state index contributed by atoms with van der Waals surface area (Å²) in [7, 11) is 0. The quantitative estimate of drug-likeness (QED) is 0.733. The normalized spacial score (nSPS) is 12.5. The lowest BCUT2D eigenvalue weighted by Crippen LogP contribution is -2.10. The van der Waals surface area contributed by atoms with E-state index in [1.54, 1.807) is 11.8 Å². The zero-order valence-electron chi connectivity index (χ0n) is 10.8. The van der Waals surface area contributed by atoms with Crippen molar-refractivity contribution in [2.75, 3.05) is 6.61 Å². The summed E-state index contributed by atoms with van der Waals surface area (Å²) in [4.78, 5) is 15.5. The van der Waals surface area contributed by atoms with E-state index in [0.717, 1.165) is 17.3 Å². The first-order chi connectivity index (χ1) is 8.02. The highest BCUT2D eigenvalue weighted by molar-refractivity contribution is 7.99. The molecule has 0 saturated carbocycles. The van der Waals surface area contributed by atoms with Gasteiger partial charge in [-0.1, -0.05) is 6.92 Å². The molecular weight excluding hydrogens is 238 g/mol. The number of thioether (sulfide) groups is 1.